The summed E-state index contributed by atoms with van der Waals surface area (Å²) in [6, 6.07) is 19.5. The van der Waals surface area contributed by atoms with Gasteiger partial charge in [0.1, 0.15) is 0 Å². The molecule has 0 saturated carbocycles. The quantitative estimate of drug-likeness (QED) is 0.588. The lowest BCUT2D eigenvalue weighted by molar-refractivity contribution is 0.688. The number of rotatable bonds is 7. The normalized spacial score (nSPS) is 12.2. The minimum atomic E-state index is -1.19. The molecule has 1 unspecified atom stereocenters. The van der Waals surface area contributed by atoms with Gasteiger partial charge in [0.25, 0.3) is 0 Å². The number of hydrogen-bond donors (Lipinski definition) is 2. The van der Waals surface area contributed by atoms with Crippen molar-refractivity contribution in [1.82, 2.24) is 10.6 Å². The van der Waals surface area contributed by atoms with Gasteiger partial charge in [-0.3, -0.25) is 4.21 Å². The zero-order valence-corrected chi connectivity index (χ0v) is 14.9. The number of benzene rings is 2. The molecule has 0 bridgehead atoms. The zero-order valence-electron chi connectivity index (χ0n) is 13.3. The van der Waals surface area contributed by atoms with E-state index in [0.717, 1.165) is 11.1 Å². The lowest BCUT2D eigenvalue weighted by Gasteiger charge is -2.10. The second-order valence-electron chi connectivity index (χ2n) is 4.99. The molecule has 2 rings (SSSR count). The molecule has 0 aliphatic heterocycles. The van der Waals surface area contributed by atoms with Gasteiger partial charge in [0.15, 0.2) is 5.11 Å². The summed E-state index contributed by atoms with van der Waals surface area (Å²) >= 11 is 5.19. The fourth-order valence-corrected chi connectivity index (χ4v) is 3.42. The van der Waals surface area contributed by atoms with E-state index in [9.17, 15) is 4.21 Å². The lowest BCUT2D eigenvalue weighted by Crippen LogP contribution is -2.32. The van der Waals surface area contributed by atoms with Crippen molar-refractivity contribution in [3.05, 3.63) is 90.6 Å². The third-order valence-electron chi connectivity index (χ3n) is 3.19. The highest BCUT2D eigenvalue weighted by atomic mass is 32.2. The smallest absolute Gasteiger partial charge is 0.170 e. The Morgan fingerprint density at radius 2 is 1.71 bits per heavy atom. The van der Waals surface area contributed by atoms with Gasteiger partial charge in [0.2, 0.25) is 0 Å². The van der Waals surface area contributed by atoms with Gasteiger partial charge in [0, 0.05) is 12.7 Å². The van der Waals surface area contributed by atoms with Gasteiger partial charge in [-0.05, 0) is 23.3 Å². The second kappa shape index (κ2) is 9.80. The van der Waals surface area contributed by atoms with Crippen LogP contribution in [0.1, 0.15) is 11.1 Å². The van der Waals surface area contributed by atoms with Crippen LogP contribution >= 0.6 is 12.2 Å². The summed E-state index contributed by atoms with van der Waals surface area (Å²) in [5, 5.41) is 6.46. The third kappa shape index (κ3) is 5.76. The Morgan fingerprint density at radius 1 is 1.08 bits per heavy atom. The molecule has 2 N–H and O–H groups in total. The van der Waals surface area contributed by atoms with E-state index >= 15 is 0 Å². The van der Waals surface area contributed by atoms with Crippen molar-refractivity contribution in [2.75, 3.05) is 6.54 Å². The largest absolute Gasteiger partial charge is 0.359 e. The van der Waals surface area contributed by atoms with Crippen LogP contribution in [0.15, 0.2) is 79.5 Å². The monoisotopic (exact) mass is 356 g/mol. The summed E-state index contributed by atoms with van der Waals surface area (Å²) in [4.78, 5) is 0.710. The van der Waals surface area contributed by atoms with Gasteiger partial charge in [-0.25, -0.2) is 0 Å². The maximum Gasteiger partial charge on any atom is 0.170 e. The predicted molar refractivity (Wildman–Crippen MR) is 107 cm³/mol. The molecule has 2 aromatic carbocycles. The third-order valence-corrected chi connectivity index (χ3v) is 4.89. The first-order chi connectivity index (χ1) is 11.7. The molecular formula is C19H20N2OS2. The summed E-state index contributed by atoms with van der Waals surface area (Å²) in [6.45, 7) is 4.21. The van der Waals surface area contributed by atoms with Crippen molar-refractivity contribution < 1.29 is 4.21 Å². The first kappa shape index (κ1) is 18.1. The van der Waals surface area contributed by atoms with E-state index in [1.54, 1.807) is 12.3 Å². The average molecular weight is 357 g/mol. The molecule has 0 saturated heterocycles. The molecule has 124 valence electrons. The van der Waals surface area contributed by atoms with E-state index in [0.29, 0.717) is 22.3 Å². The Hall–Kier alpha value is -2.24. The predicted octanol–water partition coefficient (Wildman–Crippen LogP) is 3.58. The molecule has 0 aromatic heterocycles. The molecule has 3 nitrogen and oxygen atoms in total. The lowest BCUT2D eigenvalue weighted by atomic mass is 10.2. The van der Waals surface area contributed by atoms with E-state index in [2.05, 4.69) is 17.2 Å². The van der Waals surface area contributed by atoms with Crippen LogP contribution in [0, 0.1) is 0 Å². The Labute approximate surface area is 150 Å². The highest BCUT2D eigenvalue weighted by molar-refractivity contribution is 7.93. The van der Waals surface area contributed by atoms with E-state index in [1.807, 2.05) is 60.7 Å². The van der Waals surface area contributed by atoms with Gasteiger partial charge in [0.05, 0.1) is 21.5 Å². The van der Waals surface area contributed by atoms with E-state index in [-0.39, 0.29) is 0 Å². The number of hydrogen-bond acceptors (Lipinski definition) is 2. The van der Waals surface area contributed by atoms with Gasteiger partial charge in [-0.2, -0.15) is 0 Å². The molecule has 0 heterocycles. The Morgan fingerprint density at radius 3 is 2.33 bits per heavy atom. The standard InChI is InChI=1S/C19H20N2OS2/c1-2-13-20-19(23)21-14-18(17-11-7-4-8-12-17)24(22)15-16-9-5-3-6-10-16/h2-12,14H,1,13,15H2,(H2,20,21,23)/b18-14-. The van der Waals surface area contributed by atoms with Gasteiger partial charge in [-0.1, -0.05) is 66.7 Å². The van der Waals surface area contributed by atoms with E-state index < -0.39 is 10.8 Å². The van der Waals surface area contributed by atoms with Crippen LogP contribution in [0.3, 0.4) is 0 Å². The Kier molecular flexibility index (Phi) is 7.39. The molecule has 1 atom stereocenters. The fourth-order valence-electron chi connectivity index (χ4n) is 2.03. The van der Waals surface area contributed by atoms with Gasteiger partial charge >= 0.3 is 0 Å². The van der Waals surface area contributed by atoms with Crippen LogP contribution in [-0.2, 0) is 16.6 Å². The minimum absolute atomic E-state index is 0.454. The maximum absolute atomic E-state index is 12.9. The second-order valence-corrected chi connectivity index (χ2v) is 6.82. The zero-order chi connectivity index (χ0) is 17.2. The average Bonchev–Trinajstić information content (AvgIpc) is 2.62. The molecule has 0 radical (unpaired) electrons. The van der Waals surface area contributed by atoms with Crippen LogP contribution < -0.4 is 10.6 Å². The van der Waals surface area contributed by atoms with Gasteiger partial charge < -0.3 is 10.6 Å². The van der Waals surface area contributed by atoms with Crippen molar-refractivity contribution in [3.8, 4) is 0 Å². The molecule has 0 aliphatic rings. The molecule has 0 spiro atoms. The van der Waals surface area contributed by atoms with Crippen molar-refractivity contribution in [1.29, 1.82) is 0 Å². The fraction of sp³-hybridized carbons (Fsp3) is 0.105. The van der Waals surface area contributed by atoms with Crippen molar-refractivity contribution >= 4 is 33.0 Å². The number of thiocarbonyl (C=S) groups is 1. The van der Waals surface area contributed by atoms with E-state index in [1.165, 1.54) is 0 Å². The number of nitrogens with one attached hydrogen (secondary N) is 2. The van der Waals surface area contributed by atoms with Crippen molar-refractivity contribution in [3.63, 3.8) is 0 Å². The summed E-state index contributed by atoms with van der Waals surface area (Å²) in [7, 11) is -1.19. The van der Waals surface area contributed by atoms with Crippen LogP contribution in [0.5, 0.6) is 0 Å². The topological polar surface area (TPSA) is 41.1 Å². The summed E-state index contributed by atoms with van der Waals surface area (Å²) in [5.41, 5.74) is 1.94. The molecule has 0 aliphatic carbocycles. The van der Waals surface area contributed by atoms with Crippen molar-refractivity contribution in [2.45, 2.75) is 5.75 Å². The van der Waals surface area contributed by atoms with E-state index in [4.69, 9.17) is 12.2 Å². The highest BCUT2D eigenvalue weighted by Gasteiger charge is 2.11. The SMILES string of the molecule is C=CCNC(=S)N/C=C(/c1ccccc1)S(=O)Cc1ccccc1. The van der Waals surface area contributed by atoms with Crippen LogP contribution in [0.4, 0.5) is 0 Å². The molecule has 2 aromatic rings. The highest BCUT2D eigenvalue weighted by Crippen LogP contribution is 2.20. The van der Waals surface area contributed by atoms with Crippen LogP contribution in [-0.4, -0.2) is 15.9 Å². The summed E-state index contributed by atoms with van der Waals surface area (Å²) in [5.74, 6) is 0.454. The summed E-state index contributed by atoms with van der Waals surface area (Å²) < 4.78 is 12.9. The minimum Gasteiger partial charge on any atom is -0.359 e. The molecular weight excluding hydrogens is 336 g/mol. The summed E-state index contributed by atoms with van der Waals surface area (Å²) in [6.07, 6.45) is 3.44. The van der Waals surface area contributed by atoms with Crippen molar-refractivity contribution in [2.24, 2.45) is 0 Å². The molecule has 24 heavy (non-hydrogen) atoms. The molecule has 0 amide bonds. The van der Waals surface area contributed by atoms with Crippen LogP contribution in [0.2, 0.25) is 0 Å². The Bertz CT molecular complexity index is 728. The van der Waals surface area contributed by atoms with Crippen LogP contribution in [0.25, 0.3) is 4.91 Å². The molecule has 0 fully saturated rings. The first-order valence-corrected chi connectivity index (χ1v) is 9.26. The first-order valence-electron chi connectivity index (χ1n) is 7.54. The van der Waals surface area contributed by atoms with Gasteiger partial charge in [-0.15, -0.1) is 6.58 Å². The Balaban J connectivity index is 2.18. The maximum atomic E-state index is 12.9. The molecule has 5 heteroatoms.